The lowest BCUT2D eigenvalue weighted by Gasteiger charge is -2.21. The van der Waals surface area contributed by atoms with Gasteiger partial charge in [-0.15, -0.1) is 0 Å². The van der Waals surface area contributed by atoms with Crippen LogP contribution in [0.2, 0.25) is 0 Å². The number of hydrogen-bond acceptors (Lipinski definition) is 4. The molecule has 1 N–H and O–H groups in total. The van der Waals surface area contributed by atoms with E-state index in [9.17, 15) is 21.6 Å². The molecule has 0 amide bonds. The van der Waals surface area contributed by atoms with E-state index >= 15 is 0 Å². The zero-order chi connectivity index (χ0) is 15.2. The van der Waals surface area contributed by atoms with E-state index in [1.807, 2.05) is 0 Å². The number of halogens is 3. The van der Waals surface area contributed by atoms with E-state index in [1.165, 1.54) is 26.2 Å². The van der Waals surface area contributed by atoms with Gasteiger partial charge in [-0.1, -0.05) is 0 Å². The van der Waals surface area contributed by atoms with E-state index in [0.29, 0.717) is 0 Å². The lowest BCUT2D eigenvalue weighted by Crippen LogP contribution is -2.38. The van der Waals surface area contributed by atoms with Gasteiger partial charge in [0.2, 0.25) is 10.0 Å². The number of sulfonamides is 1. The Labute approximate surface area is 114 Å². The molecule has 1 aliphatic rings. The van der Waals surface area contributed by atoms with Crippen LogP contribution in [0, 0.1) is 0 Å². The van der Waals surface area contributed by atoms with Gasteiger partial charge in [-0.05, 0) is 25.0 Å². The molecule has 0 unspecified atom stereocenters. The van der Waals surface area contributed by atoms with Crippen LogP contribution in [0.25, 0.3) is 0 Å². The molecule has 1 heterocycles. The van der Waals surface area contributed by atoms with Gasteiger partial charge in [0.05, 0.1) is 0 Å². The van der Waals surface area contributed by atoms with Gasteiger partial charge in [0, 0.05) is 20.3 Å². The second kappa shape index (κ2) is 4.59. The number of aromatic nitrogens is 1. The molecule has 0 aliphatic heterocycles. The van der Waals surface area contributed by atoms with Crippen LogP contribution in [-0.4, -0.2) is 43.5 Å². The third-order valence-electron chi connectivity index (χ3n) is 3.17. The average molecular weight is 309 g/mol. The molecule has 9 heteroatoms. The zero-order valence-corrected chi connectivity index (χ0v) is 11.7. The molecule has 0 radical (unpaired) electrons. The fourth-order valence-electron chi connectivity index (χ4n) is 1.67. The third-order valence-corrected chi connectivity index (χ3v) is 4.97. The fourth-order valence-corrected chi connectivity index (χ4v) is 2.51. The minimum atomic E-state index is -4.34. The molecular weight excluding hydrogens is 295 g/mol. The zero-order valence-electron chi connectivity index (χ0n) is 10.9. The Kier molecular flexibility index (Phi) is 3.45. The van der Waals surface area contributed by atoms with Crippen molar-refractivity contribution < 1.29 is 21.6 Å². The molecule has 1 aromatic heterocycles. The SMILES string of the molecule is CN(C)S(=O)(=O)c1ccc(NC2(C(F)(F)F)CC2)nc1. The number of nitrogens with one attached hydrogen (secondary N) is 1. The molecule has 0 aromatic carbocycles. The molecular formula is C11H14F3N3O2S. The second-order valence-corrected chi connectivity index (χ2v) is 7.02. The first kappa shape index (κ1) is 15.0. The highest BCUT2D eigenvalue weighted by molar-refractivity contribution is 7.89. The summed E-state index contributed by atoms with van der Waals surface area (Å²) in [5, 5.41) is 2.33. The molecule has 0 saturated heterocycles. The highest BCUT2D eigenvalue weighted by Crippen LogP contribution is 2.50. The maximum absolute atomic E-state index is 12.8. The molecule has 5 nitrogen and oxygen atoms in total. The lowest BCUT2D eigenvalue weighted by atomic mass is 10.2. The normalized spacial score (nSPS) is 18.1. The van der Waals surface area contributed by atoms with Crippen LogP contribution < -0.4 is 5.32 Å². The molecule has 0 spiro atoms. The monoisotopic (exact) mass is 309 g/mol. The molecule has 1 fully saturated rings. The van der Waals surface area contributed by atoms with Crippen LogP contribution in [0.5, 0.6) is 0 Å². The van der Waals surface area contributed by atoms with Gasteiger partial charge in [-0.25, -0.2) is 17.7 Å². The predicted octanol–water partition coefficient (Wildman–Crippen LogP) is 1.84. The van der Waals surface area contributed by atoms with Gasteiger partial charge in [-0.3, -0.25) is 0 Å². The van der Waals surface area contributed by atoms with Crippen LogP contribution in [0.15, 0.2) is 23.2 Å². The molecule has 1 aromatic rings. The van der Waals surface area contributed by atoms with Gasteiger partial charge in [0.1, 0.15) is 16.3 Å². The van der Waals surface area contributed by atoms with Gasteiger partial charge in [0.15, 0.2) is 0 Å². The smallest absolute Gasteiger partial charge is 0.356 e. The Morgan fingerprint density at radius 1 is 1.30 bits per heavy atom. The van der Waals surface area contributed by atoms with E-state index in [-0.39, 0.29) is 23.6 Å². The molecule has 20 heavy (non-hydrogen) atoms. The molecule has 1 saturated carbocycles. The third kappa shape index (κ3) is 2.59. The highest BCUT2D eigenvalue weighted by atomic mass is 32.2. The van der Waals surface area contributed by atoms with E-state index < -0.39 is 21.7 Å². The number of anilines is 1. The number of pyridine rings is 1. The first-order valence-electron chi connectivity index (χ1n) is 5.82. The van der Waals surface area contributed by atoms with Gasteiger partial charge < -0.3 is 5.32 Å². The maximum atomic E-state index is 12.8. The molecule has 1 aliphatic carbocycles. The summed E-state index contributed by atoms with van der Waals surface area (Å²) in [5.41, 5.74) is -1.91. The number of nitrogens with zero attached hydrogens (tertiary/aromatic N) is 2. The van der Waals surface area contributed by atoms with E-state index in [4.69, 9.17) is 0 Å². The van der Waals surface area contributed by atoms with Crippen LogP contribution >= 0.6 is 0 Å². The van der Waals surface area contributed by atoms with Crippen LogP contribution in [0.3, 0.4) is 0 Å². The van der Waals surface area contributed by atoms with E-state index in [0.717, 1.165) is 10.5 Å². The van der Waals surface area contributed by atoms with Crippen molar-refractivity contribution in [1.82, 2.24) is 9.29 Å². The van der Waals surface area contributed by atoms with Crippen LogP contribution in [-0.2, 0) is 10.0 Å². The summed E-state index contributed by atoms with van der Waals surface area (Å²) in [4.78, 5) is 3.68. The minimum Gasteiger partial charge on any atom is -0.356 e. The predicted molar refractivity (Wildman–Crippen MR) is 66.8 cm³/mol. The Hall–Kier alpha value is -1.35. The lowest BCUT2D eigenvalue weighted by molar-refractivity contribution is -0.151. The molecule has 0 atom stereocenters. The summed E-state index contributed by atoms with van der Waals surface area (Å²) in [6.45, 7) is 0. The van der Waals surface area contributed by atoms with Crippen molar-refractivity contribution in [2.45, 2.75) is 29.5 Å². The second-order valence-electron chi connectivity index (χ2n) is 4.87. The standard InChI is InChI=1S/C11H14F3N3O2S/c1-17(2)20(18,19)8-3-4-9(15-7-8)16-10(5-6-10)11(12,13)14/h3-4,7H,5-6H2,1-2H3,(H,15,16). The fraction of sp³-hybridized carbons (Fsp3) is 0.545. The summed E-state index contributed by atoms with van der Waals surface area (Å²) in [6, 6.07) is 2.47. The Balaban J connectivity index is 2.19. The summed E-state index contributed by atoms with van der Waals surface area (Å²) in [6.07, 6.45) is -3.31. The number of hydrogen-bond donors (Lipinski definition) is 1. The van der Waals surface area contributed by atoms with Crippen molar-refractivity contribution >= 4 is 15.8 Å². The summed E-state index contributed by atoms with van der Waals surface area (Å²) in [5.74, 6) is 0.0116. The van der Waals surface area contributed by atoms with Crippen molar-refractivity contribution in [3.8, 4) is 0 Å². The van der Waals surface area contributed by atoms with Crippen LogP contribution in [0.4, 0.5) is 19.0 Å². The topological polar surface area (TPSA) is 62.3 Å². The summed E-state index contributed by atoms with van der Waals surface area (Å²) >= 11 is 0. The first-order valence-corrected chi connectivity index (χ1v) is 7.26. The molecule has 2 rings (SSSR count). The van der Waals surface area contributed by atoms with Crippen molar-refractivity contribution in [3.63, 3.8) is 0 Å². The Morgan fingerprint density at radius 2 is 1.90 bits per heavy atom. The first-order chi connectivity index (χ1) is 9.08. The van der Waals surface area contributed by atoms with Crippen molar-refractivity contribution in [3.05, 3.63) is 18.3 Å². The summed E-state index contributed by atoms with van der Waals surface area (Å²) in [7, 11) is -0.898. The molecule has 0 bridgehead atoms. The highest BCUT2D eigenvalue weighted by Gasteiger charge is 2.63. The van der Waals surface area contributed by atoms with E-state index in [2.05, 4.69) is 10.3 Å². The van der Waals surface area contributed by atoms with Gasteiger partial charge in [-0.2, -0.15) is 13.2 Å². The van der Waals surface area contributed by atoms with E-state index in [1.54, 1.807) is 0 Å². The minimum absolute atomic E-state index is 0.00404. The Morgan fingerprint density at radius 3 is 2.25 bits per heavy atom. The quantitative estimate of drug-likeness (QED) is 0.922. The van der Waals surface area contributed by atoms with Gasteiger partial charge in [0.25, 0.3) is 0 Å². The van der Waals surface area contributed by atoms with Crippen LogP contribution in [0.1, 0.15) is 12.8 Å². The summed E-state index contributed by atoms with van der Waals surface area (Å²) < 4.78 is 62.9. The van der Waals surface area contributed by atoms with Crippen molar-refractivity contribution in [1.29, 1.82) is 0 Å². The number of alkyl halides is 3. The van der Waals surface area contributed by atoms with Crippen molar-refractivity contribution in [2.75, 3.05) is 19.4 Å². The maximum Gasteiger partial charge on any atom is 0.411 e. The largest absolute Gasteiger partial charge is 0.411 e. The molecule has 112 valence electrons. The van der Waals surface area contributed by atoms with Crippen molar-refractivity contribution in [2.24, 2.45) is 0 Å². The Bertz CT molecular complexity index is 592. The van der Waals surface area contributed by atoms with Gasteiger partial charge >= 0.3 is 6.18 Å². The number of rotatable bonds is 4. The average Bonchev–Trinajstić information content (AvgIpc) is 3.10.